The van der Waals surface area contributed by atoms with E-state index in [-0.39, 0.29) is 0 Å². The number of hydrogen-bond donors (Lipinski definition) is 1. The van der Waals surface area contributed by atoms with Crippen LogP contribution in [0.25, 0.3) is 20.7 Å². The summed E-state index contributed by atoms with van der Waals surface area (Å²) in [5.41, 5.74) is 1.13. The maximum atomic E-state index is 4.82. The van der Waals surface area contributed by atoms with Crippen molar-refractivity contribution >= 4 is 32.8 Å². The van der Waals surface area contributed by atoms with E-state index < -0.39 is 0 Å². The SMILES string of the molecule is c1ccc2sc(-c3csc(C4CCCN4)n3)cc2c1. The lowest BCUT2D eigenvalue weighted by molar-refractivity contribution is 0.643. The van der Waals surface area contributed by atoms with E-state index in [0.717, 1.165) is 12.2 Å². The van der Waals surface area contributed by atoms with Crippen LogP contribution in [0.3, 0.4) is 0 Å². The lowest BCUT2D eigenvalue weighted by atomic mass is 10.2. The van der Waals surface area contributed by atoms with Crippen molar-refractivity contribution in [3.63, 3.8) is 0 Å². The van der Waals surface area contributed by atoms with Crippen molar-refractivity contribution in [3.05, 3.63) is 40.7 Å². The molecule has 1 aliphatic heterocycles. The highest BCUT2D eigenvalue weighted by Gasteiger charge is 2.20. The van der Waals surface area contributed by atoms with E-state index in [1.807, 2.05) is 11.3 Å². The monoisotopic (exact) mass is 286 g/mol. The van der Waals surface area contributed by atoms with E-state index >= 15 is 0 Å². The van der Waals surface area contributed by atoms with Crippen LogP contribution in [0.4, 0.5) is 0 Å². The zero-order valence-electron chi connectivity index (χ0n) is 10.4. The largest absolute Gasteiger partial charge is 0.308 e. The van der Waals surface area contributed by atoms with E-state index in [1.54, 1.807) is 11.3 Å². The van der Waals surface area contributed by atoms with Crippen molar-refractivity contribution in [1.82, 2.24) is 10.3 Å². The summed E-state index contributed by atoms with van der Waals surface area (Å²) in [7, 11) is 0. The van der Waals surface area contributed by atoms with Crippen LogP contribution in [0.15, 0.2) is 35.7 Å². The van der Waals surface area contributed by atoms with Crippen LogP contribution in [-0.4, -0.2) is 11.5 Å². The van der Waals surface area contributed by atoms with Crippen molar-refractivity contribution < 1.29 is 0 Å². The highest BCUT2D eigenvalue weighted by Crippen LogP contribution is 2.35. The summed E-state index contributed by atoms with van der Waals surface area (Å²) in [4.78, 5) is 6.10. The molecule has 3 heterocycles. The van der Waals surface area contributed by atoms with Gasteiger partial charge in [-0.15, -0.1) is 22.7 Å². The molecule has 0 amide bonds. The van der Waals surface area contributed by atoms with E-state index in [4.69, 9.17) is 4.98 Å². The maximum absolute atomic E-state index is 4.82. The number of benzene rings is 1. The second-order valence-electron chi connectivity index (χ2n) is 4.87. The third kappa shape index (κ3) is 2.10. The van der Waals surface area contributed by atoms with Gasteiger partial charge in [-0.25, -0.2) is 4.98 Å². The van der Waals surface area contributed by atoms with Crippen molar-refractivity contribution in [2.24, 2.45) is 0 Å². The van der Waals surface area contributed by atoms with Crippen molar-refractivity contribution in [1.29, 1.82) is 0 Å². The molecule has 1 unspecified atom stereocenters. The molecule has 0 radical (unpaired) electrons. The van der Waals surface area contributed by atoms with Gasteiger partial charge in [0.2, 0.25) is 0 Å². The normalized spacial score (nSPS) is 19.3. The summed E-state index contributed by atoms with van der Waals surface area (Å²) < 4.78 is 1.34. The molecule has 0 bridgehead atoms. The molecule has 19 heavy (non-hydrogen) atoms. The van der Waals surface area contributed by atoms with Gasteiger partial charge < -0.3 is 5.32 Å². The molecule has 3 aromatic rings. The minimum absolute atomic E-state index is 0.480. The molecule has 0 spiro atoms. The molecule has 1 aliphatic rings. The summed E-state index contributed by atoms with van der Waals surface area (Å²) in [6, 6.07) is 11.3. The second-order valence-corrected chi connectivity index (χ2v) is 6.84. The topological polar surface area (TPSA) is 24.9 Å². The first-order chi connectivity index (χ1) is 9.40. The Bertz CT molecular complexity index is 675. The second kappa shape index (κ2) is 4.71. The number of fused-ring (bicyclic) bond motifs is 1. The Labute approximate surface area is 120 Å². The Kier molecular flexibility index (Phi) is 2.87. The predicted octanol–water partition coefficient (Wildman–Crippen LogP) is 4.45. The number of nitrogens with zero attached hydrogens (tertiary/aromatic N) is 1. The number of nitrogens with one attached hydrogen (secondary N) is 1. The van der Waals surface area contributed by atoms with Gasteiger partial charge in [-0.2, -0.15) is 0 Å². The smallest absolute Gasteiger partial charge is 0.110 e. The van der Waals surface area contributed by atoms with Gasteiger partial charge in [-0.3, -0.25) is 0 Å². The third-order valence-electron chi connectivity index (χ3n) is 3.56. The van der Waals surface area contributed by atoms with E-state index in [1.165, 1.54) is 32.8 Å². The van der Waals surface area contributed by atoms with Gasteiger partial charge in [0.05, 0.1) is 16.6 Å². The van der Waals surface area contributed by atoms with Crippen LogP contribution in [0.5, 0.6) is 0 Å². The Morgan fingerprint density at radius 3 is 3.05 bits per heavy atom. The fourth-order valence-electron chi connectivity index (χ4n) is 2.56. The summed E-state index contributed by atoms with van der Waals surface area (Å²) in [6.45, 7) is 1.13. The Morgan fingerprint density at radius 1 is 1.26 bits per heavy atom. The Hall–Kier alpha value is -1.23. The van der Waals surface area contributed by atoms with Gasteiger partial charge in [0, 0.05) is 10.1 Å². The highest BCUT2D eigenvalue weighted by atomic mass is 32.1. The molecule has 4 heteroatoms. The van der Waals surface area contributed by atoms with E-state index in [0.29, 0.717) is 6.04 Å². The average Bonchev–Trinajstić information content (AvgIpc) is 3.17. The van der Waals surface area contributed by atoms with Crippen LogP contribution in [-0.2, 0) is 0 Å². The van der Waals surface area contributed by atoms with Gasteiger partial charge >= 0.3 is 0 Å². The molecule has 2 nitrogen and oxygen atoms in total. The number of rotatable bonds is 2. The van der Waals surface area contributed by atoms with Crippen LogP contribution in [0.1, 0.15) is 23.9 Å². The molecule has 1 N–H and O–H groups in total. The first-order valence-corrected chi connectivity index (χ1v) is 8.27. The lowest BCUT2D eigenvalue weighted by Crippen LogP contribution is -2.12. The average molecular weight is 286 g/mol. The van der Waals surface area contributed by atoms with Gasteiger partial charge in [-0.05, 0) is 36.9 Å². The summed E-state index contributed by atoms with van der Waals surface area (Å²) in [6.07, 6.45) is 2.49. The minimum Gasteiger partial charge on any atom is -0.308 e. The van der Waals surface area contributed by atoms with Crippen molar-refractivity contribution in [3.8, 4) is 10.6 Å². The van der Waals surface area contributed by atoms with Crippen molar-refractivity contribution in [2.45, 2.75) is 18.9 Å². The molecule has 4 rings (SSSR count). The number of thiophene rings is 1. The Morgan fingerprint density at radius 2 is 2.21 bits per heavy atom. The predicted molar refractivity (Wildman–Crippen MR) is 82.9 cm³/mol. The standard InChI is InChI=1S/C15H14N2S2/c1-2-6-13-10(4-1)8-14(19-13)12-9-18-15(17-12)11-5-3-7-16-11/h1-2,4,6,8-9,11,16H,3,5,7H2. The van der Waals surface area contributed by atoms with Crippen LogP contribution in [0.2, 0.25) is 0 Å². The molecule has 1 atom stereocenters. The zero-order chi connectivity index (χ0) is 12.7. The third-order valence-corrected chi connectivity index (χ3v) is 5.66. The van der Waals surface area contributed by atoms with Crippen LogP contribution >= 0.6 is 22.7 Å². The van der Waals surface area contributed by atoms with Crippen LogP contribution < -0.4 is 5.32 Å². The first-order valence-electron chi connectivity index (χ1n) is 6.58. The van der Waals surface area contributed by atoms with Gasteiger partial charge in [0.25, 0.3) is 0 Å². The quantitative estimate of drug-likeness (QED) is 0.753. The molecule has 96 valence electrons. The zero-order valence-corrected chi connectivity index (χ0v) is 12.1. The molecular formula is C15H14N2S2. The molecule has 1 aromatic carbocycles. The van der Waals surface area contributed by atoms with E-state index in [9.17, 15) is 0 Å². The summed E-state index contributed by atoms with van der Waals surface area (Å²) in [5, 5.41) is 8.27. The summed E-state index contributed by atoms with van der Waals surface area (Å²) in [5.74, 6) is 0. The number of hydrogen-bond acceptors (Lipinski definition) is 4. The lowest BCUT2D eigenvalue weighted by Gasteiger charge is -2.04. The molecule has 1 saturated heterocycles. The van der Waals surface area contributed by atoms with Gasteiger partial charge in [-0.1, -0.05) is 18.2 Å². The minimum atomic E-state index is 0.480. The fraction of sp³-hybridized carbons (Fsp3) is 0.267. The number of aromatic nitrogens is 1. The molecular weight excluding hydrogens is 272 g/mol. The van der Waals surface area contributed by atoms with Crippen LogP contribution in [0, 0.1) is 0 Å². The van der Waals surface area contributed by atoms with E-state index in [2.05, 4.69) is 41.0 Å². The molecule has 1 fully saturated rings. The highest BCUT2D eigenvalue weighted by molar-refractivity contribution is 7.22. The molecule has 0 saturated carbocycles. The number of thiazole rings is 1. The fourth-order valence-corrected chi connectivity index (χ4v) is 4.59. The van der Waals surface area contributed by atoms with Gasteiger partial charge in [0.1, 0.15) is 5.01 Å². The first kappa shape index (κ1) is 11.6. The van der Waals surface area contributed by atoms with Crippen molar-refractivity contribution in [2.75, 3.05) is 6.54 Å². The van der Waals surface area contributed by atoms with Gasteiger partial charge in [0.15, 0.2) is 0 Å². The molecule has 2 aromatic heterocycles. The summed E-state index contributed by atoms with van der Waals surface area (Å²) >= 11 is 3.61. The maximum Gasteiger partial charge on any atom is 0.110 e. The Balaban J connectivity index is 1.71. The molecule has 0 aliphatic carbocycles.